The molecule has 0 spiro atoms. The Morgan fingerprint density at radius 2 is 1.17 bits per heavy atom. The summed E-state index contributed by atoms with van der Waals surface area (Å²) in [7, 11) is 0. The van der Waals surface area contributed by atoms with Crippen molar-refractivity contribution in [2.75, 3.05) is 0 Å². The Bertz CT molecular complexity index is 2600. The number of carboxylic acids is 1. The zero-order chi connectivity index (χ0) is 44.0. The van der Waals surface area contributed by atoms with Gasteiger partial charge in [-0.05, 0) is 113 Å². The maximum absolute atomic E-state index is 14.1. The average Bonchev–Trinajstić information content (AvgIpc) is 3.78. The molecule has 0 fully saturated rings. The molecule has 59 heavy (non-hydrogen) atoms. The number of carbonyl (C=O) groups excluding carboxylic acids is 1. The van der Waals surface area contributed by atoms with E-state index in [9.17, 15) is 32.4 Å². The number of amides is 1. The third-order valence-electron chi connectivity index (χ3n) is 9.77. The van der Waals surface area contributed by atoms with Crippen LogP contribution in [0, 0.1) is 59.8 Å². The van der Waals surface area contributed by atoms with Crippen molar-refractivity contribution in [3.63, 3.8) is 0 Å². The van der Waals surface area contributed by atoms with E-state index in [4.69, 9.17) is 16.1 Å². The molecule has 6 aromatic rings. The number of nitriles is 2. The minimum absolute atomic E-state index is 0.0354. The molecule has 4 N–H and O–H groups in total. The van der Waals surface area contributed by atoms with Gasteiger partial charge in [0.05, 0.1) is 52.7 Å². The van der Waals surface area contributed by atoms with E-state index in [1.807, 2.05) is 85.7 Å². The van der Waals surface area contributed by atoms with Gasteiger partial charge in [0.1, 0.15) is 24.1 Å². The molecule has 0 aliphatic rings. The van der Waals surface area contributed by atoms with Crippen molar-refractivity contribution >= 4 is 33.9 Å². The molecule has 0 radical (unpaired) electrons. The molecule has 6 rings (SSSR count). The highest BCUT2D eigenvalue weighted by molar-refractivity contribution is 5.81. The van der Waals surface area contributed by atoms with Crippen molar-refractivity contribution in [2.45, 2.75) is 91.4 Å². The van der Waals surface area contributed by atoms with Gasteiger partial charge in [0.25, 0.3) is 0 Å². The fraction of sp³-hybridized carbons (Fsp3) is 0.318. The van der Waals surface area contributed by atoms with Gasteiger partial charge in [-0.15, -0.1) is 0 Å². The van der Waals surface area contributed by atoms with Crippen LogP contribution in [0.25, 0.3) is 22.1 Å². The fourth-order valence-corrected chi connectivity index (χ4v) is 6.55. The van der Waals surface area contributed by atoms with Crippen LogP contribution in [0.15, 0.2) is 73.3 Å². The third kappa shape index (κ3) is 10.5. The Morgan fingerprint density at radius 1 is 0.746 bits per heavy atom. The highest BCUT2D eigenvalue weighted by Gasteiger charge is 2.24. The molecular formula is C44H46F4N8O3. The minimum atomic E-state index is -1.14. The predicted octanol–water partition coefficient (Wildman–Crippen LogP) is 8.52. The van der Waals surface area contributed by atoms with Gasteiger partial charge in [-0.25, -0.2) is 27.5 Å². The van der Waals surface area contributed by atoms with Crippen LogP contribution >= 0.6 is 0 Å². The number of carboxylic acid groups (broad SMARTS) is 1. The first kappa shape index (κ1) is 45.1. The van der Waals surface area contributed by atoms with Crippen LogP contribution in [0.5, 0.6) is 0 Å². The summed E-state index contributed by atoms with van der Waals surface area (Å²) in [6.45, 7) is 14.7. The topological polar surface area (TPSA) is 176 Å². The van der Waals surface area contributed by atoms with E-state index in [2.05, 4.69) is 33.5 Å². The number of fused-ring (bicyclic) bond motifs is 2. The fourth-order valence-electron chi connectivity index (χ4n) is 6.55. The second-order valence-corrected chi connectivity index (χ2v) is 15.3. The van der Waals surface area contributed by atoms with Gasteiger partial charge >= 0.3 is 5.97 Å². The molecule has 308 valence electrons. The molecule has 4 aromatic carbocycles. The van der Waals surface area contributed by atoms with E-state index < -0.39 is 46.6 Å². The largest absolute Gasteiger partial charge is 0.480 e. The van der Waals surface area contributed by atoms with Crippen molar-refractivity contribution in [1.29, 1.82) is 10.5 Å². The number of hydrogen-bond acceptors (Lipinski definition) is 7. The lowest BCUT2D eigenvalue weighted by Gasteiger charge is -2.21. The van der Waals surface area contributed by atoms with Crippen LogP contribution in [-0.2, 0) is 33.5 Å². The van der Waals surface area contributed by atoms with Gasteiger partial charge < -0.3 is 25.3 Å². The number of aryl methyl sites for hydroxylation is 2. The maximum Gasteiger partial charge on any atom is 0.323 e. The molecule has 0 aliphatic heterocycles. The number of nitrogens with two attached hydrogens (primary N) is 1. The number of hydrogen-bond donors (Lipinski definition) is 3. The Balaban J connectivity index is 0.000000215. The zero-order valence-corrected chi connectivity index (χ0v) is 34.0. The number of rotatable bonds is 9. The SMILES string of the molecule is Cc1cc(C(C)N)ccc1C(C)(C)C#N.Cc1cc(C(C)NC(=O)Cn2cnc3ccc(F)c(F)c32)ccc1C(C)(C)C#N.O=C(O)Cn1cnc2ccc(F)c(F)c21. The van der Waals surface area contributed by atoms with Crippen molar-refractivity contribution in [3.8, 4) is 12.1 Å². The predicted molar refractivity (Wildman–Crippen MR) is 216 cm³/mol. The molecular weight excluding hydrogens is 765 g/mol. The van der Waals surface area contributed by atoms with Crippen LogP contribution in [0.2, 0.25) is 0 Å². The molecule has 2 aromatic heterocycles. The van der Waals surface area contributed by atoms with Crippen LogP contribution in [-0.4, -0.2) is 36.1 Å². The zero-order valence-electron chi connectivity index (χ0n) is 34.0. The average molecular weight is 811 g/mol. The van der Waals surface area contributed by atoms with Gasteiger partial charge in [-0.2, -0.15) is 10.5 Å². The summed E-state index contributed by atoms with van der Waals surface area (Å²) < 4.78 is 56.1. The lowest BCUT2D eigenvalue weighted by Crippen LogP contribution is -2.30. The van der Waals surface area contributed by atoms with Gasteiger partial charge in [0.2, 0.25) is 5.91 Å². The summed E-state index contributed by atoms with van der Waals surface area (Å²) in [6, 6.07) is 20.8. The van der Waals surface area contributed by atoms with Crippen LogP contribution < -0.4 is 11.1 Å². The monoisotopic (exact) mass is 810 g/mol. The van der Waals surface area contributed by atoms with E-state index in [1.165, 1.54) is 29.4 Å². The lowest BCUT2D eigenvalue weighted by molar-refractivity contribution is -0.137. The number of nitrogens with one attached hydrogen (secondary N) is 1. The summed E-state index contributed by atoms with van der Waals surface area (Å²) >= 11 is 0. The summed E-state index contributed by atoms with van der Waals surface area (Å²) in [5.41, 5.74) is 11.3. The molecule has 0 saturated heterocycles. The number of imidazole rings is 2. The maximum atomic E-state index is 14.1. The molecule has 15 heteroatoms. The summed E-state index contributed by atoms with van der Waals surface area (Å²) in [5, 5.41) is 29.8. The highest BCUT2D eigenvalue weighted by atomic mass is 19.2. The highest BCUT2D eigenvalue weighted by Crippen LogP contribution is 2.29. The second-order valence-electron chi connectivity index (χ2n) is 15.3. The summed E-state index contributed by atoms with van der Waals surface area (Å²) in [6.07, 6.45) is 2.49. The first-order valence-corrected chi connectivity index (χ1v) is 18.5. The Morgan fingerprint density at radius 3 is 1.58 bits per heavy atom. The van der Waals surface area contributed by atoms with E-state index in [0.717, 1.165) is 50.1 Å². The van der Waals surface area contributed by atoms with E-state index in [1.54, 1.807) is 0 Å². The molecule has 0 saturated carbocycles. The smallest absolute Gasteiger partial charge is 0.323 e. The van der Waals surface area contributed by atoms with Crippen molar-refractivity contribution < 1.29 is 32.3 Å². The number of halogens is 4. The van der Waals surface area contributed by atoms with Crippen molar-refractivity contribution in [1.82, 2.24) is 24.4 Å². The molecule has 0 bridgehead atoms. The van der Waals surface area contributed by atoms with Gasteiger partial charge in [0.15, 0.2) is 23.3 Å². The number of aliphatic carboxylic acids is 1. The third-order valence-corrected chi connectivity index (χ3v) is 9.77. The quantitative estimate of drug-likeness (QED) is 0.122. The van der Waals surface area contributed by atoms with Crippen LogP contribution in [0.1, 0.15) is 87.0 Å². The van der Waals surface area contributed by atoms with Gasteiger partial charge in [-0.3, -0.25) is 9.59 Å². The summed E-state index contributed by atoms with van der Waals surface area (Å²) in [4.78, 5) is 30.7. The number of nitrogens with zero attached hydrogens (tertiary/aromatic N) is 6. The number of aromatic nitrogens is 4. The van der Waals surface area contributed by atoms with Gasteiger partial charge in [-0.1, -0.05) is 36.4 Å². The second kappa shape index (κ2) is 18.3. The van der Waals surface area contributed by atoms with E-state index >= 15 is 0 Å². The molecule has 2 heterocycles. The first-order chi connectivity index (χ1) is 27.6. The van der Waals surface area contributed by atoms with Gasteiger partial charge in [0, 0.05) is 6.04 Å². The van der Waals surface area contributed by atoms with Crippen LogP contribution in [0.4, 0.5) is 17.6 Å². The van der Waals surface area contributed by atoms with E-state index in [-0.39, 0.29) is 46.6 Å². The summed E-state index contributed by atoms with van der Waals surface area (Å²) in [5.74, 6) is -5.59. The number of benzene rings is 4. The number of carbonyl (C=O) groups is 2. The Labute approximate surface area is 339 Å². The first-order valence-electron chi connectivity index (χ1n) is 18.5. The molecule has 1 amide bonds. The minimum Gasteiger partial charge on any atom is -0.480 e. The lowest BCUT2D eigenvalue weighted by atomic mass is 9.82. The standard InChI is InChI=1S/C22H22F2N4O.C13H18N2.C9H6F2N2O2/c1-13-9-15(5-6-16(13)22(3,4)11-25)14(2)27-19(29)10-28-12-26-18-8-7-17(23)20(24)21(18)28;1-9-7-11(10(2)15)5-6-12(9)13(3,4)8-14;10-5-1-2-6-9(8(5)11)13(4-12-6)3-7(14)15/h5-9,12,14H,10H2,1-4H3,(H,27,29);5-7,10H,15H2,1-4H3;1-2,4H,3H2,(H,14,15). The Hall–Kier alpha value is -6.58. The van der Waals surface area contributed by atoms with E-state index in [0.29, 0.717) is 0 Å². The van der Waals surface area contributed by atoms with Crippen LogP contribution in [0.3, 0.4) is 0 Å². The Kier molecular flexibility index (Phi) is 14.0. The molecule has 11 nitrogen and oxygen atoms in total. The molecule has 0 aliphatic carbocycles. The normalized spacial score (nSPS) is 12.3. The van der Waals surface area contributed by atoms with Crippen molar-refractivity contribution in [3.05, 3.63) is 130 Å². The van der Waals surface area contributed by atoms with Crippen molar-refractivity contribution in [2.24, 2.45) is 5.73 Å². The molecule has 2 atom stereocenters. The molecule has 2 unspecified atom stereocenters.